The number of nitrogens with one attached hydrogen (secondary N) is 1. The molecule has 3 rings (SSSR count). The predicted molar refractivity (Wildman–Crippen MR) is 117 cm³/mol. The van der Waals surface area contributed by atoms with Crippen LogP contribution in [0.3, 0.4) is 0 Å². The average Bonchev–Trinajstić information content (AvgIpc) is 2.85. The van der Waals surface area contributed by atoms with E-state index in [1.54, 1.807) is 11.6 Å². The highest BCUT2D eigenvalue weighted by molar-refractivity contribution is 5.79. The Morgan fingerprint density at radius 3 is 2.62 bits per heavy atom. The van der Waals surface area contributed by atoms with E-state index >= 15 is 0 Å². The van der Waals surface area contributed by atoms with Gasteiger partial charge < -0.3 is 10.2 Å². The Hall–Kier alpha value is -2.41. The number of hydrogen-bond acceptors (Lipinski definition) is 4. The number of carbonyl (C=O) groups is 1. The van der Waals surface area contributed by atoms with Crippen molar-refractivity contribution < 1.29 is 4.79 Å². The Kier molecular flexibility index (Phi) is 5.98. The first-order valence-electron chi connectivity index (χ1n) is 10.2. The molecule has 158 valence electrons. The summed E-state index contributed by atoms with van der Waals surface area (Å²) >= 11 is 0. The molecule has 7 heteroatoms. The summed E-state index contributed by atoms with van der Waals surface area (Å²) in [6.07, 6.45) is 4.73. The Bertz CT molecular complexity index is 991. The largest absolute Gasteiger partial charge is 0.352 e. The molecule has 0 saturated heterocycles. The van der Waals surface area contributed by atoms with E-state index in [1.165, 1.54) is 5.57 Å². The molecule has 0 radical (unpaired) electrons. The number of nitrogens with zero attached hydrogens (tertiary/aromatic N) is 4. The SMILES string of the molecule is CN(C)CC(=O)NC1CC=C(c2ccc3c(n2)n(C)c(=O)n3CC(C)(C)C)CC1. The number of amides is 1. The molecule has 0 spiro atoms. The zero-order chi connectivity index (χ0) is 21.3. The zero-order valence-corrected chi connectivity index (χ0v) is 18.5. The van der Waals surface area contributed by atoms with Gasteiger partial charge in [-0.3, -0.25) is 13.9 Å². The first-order chi connectivity index (χ1) is 13.5. The van der Waals surface area contributed by atoms with Crippen LogP contribution in [0, 0.1) is 5.41 Å². The fourth-order valence-corrected chi connectivity index (χ4v) is 3.84. The van der Waals surface area contributed by atoms with Crippen LogP contribution in [-0.2, 0) is 18.4 Å². The van der Waals surface area contributed by atoms with Crippen LogP contribution in [0.5, 0.6) is 0 Å². The van der Waals surface area contributed by atoms with Crippen molar-refractivity contribution in [2.75, 3.05) is 20.6 Å². The number of likely N-dealkylation sites (N-methyl/N-ethyl adjacent to an activating group) is 1. The summed E-state index contributed by atoms with van der Waals surface area (Å²) in [5, 5.41) is 3.10. The van der Waals surface area contributed by atoms with Gasteiger partial charge in [0, 0.05) is 19.6 Å². The van der Waals surface area contributed by atoms with Crippen molar-refractivity contribution in [1.82, 2.24) is 24.3 Å². The molecule has 2 aromatic heterocycles. The monoisotopic (exact) mass is 399 g/mol. The van der Waals surface area contributed by atoms with Gasteiger partial charge in [-0.25, -0.2) is 9.78 Å². The van der Waals surface area contributed by atoms with E-state index in [9.17, 15) is 9.59 Å². The van der Waals surface area contributed by atoms with E-state index in [4.69, 9.17) is 4.98 Å². The van der Waals surface area contributed by atoms with Gasteiger partial charge in [-0.05, 0) is 56.5 Å². The van der Waals surface area contributed by atoms with Gasteiger partial charge in [0.05, 0.1) is 17.8 Å². The van der Waals surface area contributed by atoms with Crippen molar-refractivity contribution >= 4 is 22.6 Å². The summed E-state index contributed by atoms with van der Waals surface area (Å²) in [7, 11) is 5.57. The van der Waals surface area contributed by atoms with E-state index in [-0.39, 0.29) is 23.1 Å². The molecule has 7 nitrogen and oxygen atoms in total. The van der Waals surface area contributed by atoms with Crippen molar-refractivity contribution in [1.29, 1.82) is 0 Å². The molecular weight excluding hydrogens is 366 g/mol. The van der Waals surface area contributed by atoms with Crippen molar-refractivity contribution in [2.24, 2.45) is 12.5 Å². The maximum Gasteiger partial charge on any atom is 0.330 e. The number of aromatic nitrogens is 3. The van der Waals surface area contributed by atoms with Gasteiger partial charge in [0.2, 0.25) is 5.91 Å². The average molecular weight is 400 g/mol. The van der Waals surface area contributed by atoms with Crippen LogP contribution in [0.2, 0.25) is 0 Å². The molecule has 1 N–H and O–H groups in total. The van der Waals surface area contributed by atoms with Crippen molar-refractivity contribution in [3.05, 3.63) is 34.4 Å². The fraction of sp³-hybridized carbons (Fsp3) is 0.591. The highest BCUT2D eigenvalue weighted by Gasteiger charge is 2.21. The lowest BCUT2D eigenvalue weighted by Crippen LogP contribution is -2.40. The van der Waals surface area contributed by atoms with Gasteiger partial charge in [0.15, 0.2) is 5.65 Å². The molecule has 0 bridgehead atoms. The molecule has 1 amide bonds. The number of aryl methyl sites for hydroxylation is 1. The Labute approximate surface area is 172 Å². The summed E-state index contributed by atoms with van der Waals surface area (Å²) in [5.41, 5.74) is 3.68. The summed E-state index contributed by atoms with van der Waals surface area (Å²) in [5.74, 6) is 0.0617. The van der Waals surface area contributed by atoms with Crippen LogP contribution < -0.4 is 11.0 Å². The Morgan fingerprint density at radius 1 is 1.31 bits per heavy atom. The molecule has 1 aliphatic rings. The van der Waals surface area contributed by atoms with Gasteiger partial charge in [0.25, 0.3) is 0 Å². The van der Waals surface area contributed by atoms with E-state index in [0.717, 1.165) is 36.1 Å². The van der Waals surface area contributed by atoms with Crippen LogP contribution in [0.1, 0.15) is 45.7 Å². The van der Waals surface area contributed by atoms with E-state index in [0.29, 0.717) is 13.1 Å². The second-order valence-corrected chi connectivity index (χ2v) is 9.53. The fourth-order valence-electron chi connectivity index (χ4n) is 3.84. The molecular formula is C22H33N5O2. The number of carbonyl (C=O) groups excluding carboxylic acids is 1. The summed E-state index contributed by atoms with van der Waals surface area (Å²) in [4.78, 5) is 31.4. The summed E-state index contributed by atoms with van der Waals surface area (Å²) in [6.45, 7) is 7.44. The van der Waals surface area contributed by atoms with Crippen LogP contribution >= 0.6 is 0 Å². The number of pyridine rings is 1. The standard InChI is InChI=1S/C22H33N5O2/c1-22(2,3)14-27-18-12-11-17(24-20(18)26(6)21(27)29)15-7-9-16(10-8-15)23-19(28)13-25(4)5/h7,11-12,16H,8-10,13-14H2,1-6H3,(H,23,28). The molecule has 2 heterocycles. The number of rotatable bonds is 5. The first kappa shape index (κ1) is 21.3. The third-order valence-electron chi connectivity index (χ3n) is 5.18. The van der Waals surface area contributed by atoms with E-state index in [2.05, 4.69) is 32.2 Å². The topological polar surface area (TPSA) is 72.2 Å². The summed E-state index contributed by atoms with van der Waals surface area (Å²) < 4.78 is 3.45. The quantitative estimate of drug-likeness (QED) is 0.838. The van der Waals surface area contributed by atoms with Gasteiger partial charge in [-0.15, -0.1) is 0 Å². The van der Waals surface area contributed by atoms with Gasteiger partial charge in [0.1, 0.15) is 0 Å². The number of fused-ring (bicyclic) bond motifs is 1. The molecule has 0 aliphatic heterocycles. The van der Waals surface area contributed by atoms with Crippen LogP contribution in [0.15, 0.2) is 23.0 Å². The Morgan fingerprint density at radius 2 is 2.03 bits per heavy atom. The Balaban J connectivity index is 1.80. The molecule has 0 aromatic carbocycles. The minimum Gasteiger partial charge on any atom is -0.352 e. The normalized spacial score (nSPS) is 17.6. The van der Waals surface area contributed by atoms with E-state index in [1.807, 2.05) is 35.7 Å². The molecule has 29 heavy (non-hydrogen) atoms. The lowest BCUT2D eigenvalue weighted by molar-refractivity contribution is -0.122. The van der Waals surface area contributed by atoms with Crippen molar-refractivity contribution in [2.45, 2.75) is 52.6 Å². The lowest BCUT2D eigenvalue weighted by atomic mass is 9.93. The highest BCUT2D eigenvalue weighted by atomic mass is 16.2. The number of allylic oxidation sites excluding steroid dienone is 1. The first-order valence-corrected chi connectivity index (χ1v) is 10.2. The molecule has 0 saturated carbocycles. The molecule has 1 atom stereocenters. The number of imidazole rings is 1. The molecule has 0 fully saturated rings. The minimum atomic E-state index is -0.0270. The zero-order valence-electron chi connectivity index (χ0n) is 18.5. The van der Waals surface area contributed by atoms with Crippen molar-refractivity contribution in [3.8, 4) is 0 Å². The smallest absolute Gasteiger partial charge is 0.330 e. The lowest BCUT2D eigenvalue weighted by Gasteiger charge is -2.23. The third-order valence-corrected chi connectivity index (χ3v) is 5.18. The van der Waals surface area contributed by atoms with E-state index < -0.39 is 0 Å². The maximum atomic E-state index is 12.7. The number of hydrogen-bond donors (Lipinski definition) is 1. The second kappa shape index (κ2) is 8.14. The highest BCUT2D eigenvalue weighted by Crippen LogP contribution is 2.27. The second-order valence-electron chi connectivity index (χ2n) is 9.53. The van der Waals surface area contributed by atoms with Crippen LogP contribution in [-0.4, -0.2) is 51.6 Å². The van der Waals surface area contributed by atoms with Crippen LogP contribution in [0.4, 0.5) is 0 Å². The van der Waals surface area contributed by atoms with Gasteiger partial charge in [-0.2, -0.15) is 0 Å². The third kappa shape index (κ3) is 4.96. The van der Waals surface area contributed by atoms with Gasteiger partial charge >= 0.3 is 5.69 Å². The predicted octanol–water partition coefficient (Wildman–Crippen LogP) is 2.39. The molecule has 1 aliphatic carbocycles. The van der Waals surface area contributed by atoms with Crippen LogP contribution in [0.25, 0.3) is 16.7 Å². The molecule has 1 unspecified atom stereocenters. The molecule has 2 aromatic rings. The van der Waals surface area contributed by atoms with Crippen molar-refractivity contribution in [3.63, 3.8) is 0 Å². The summed E-state index contributed by atoms with van der Waals surface area (Å²) in [6, 6.07) is 4.20. The van der Waals surface area contributed by atoms with Gasteiger partial charge in [-0.1, -0.05) is 26.8 Å². The maximum absolute atomic E-state index is 12.7. The minimum absolute atomic E-state index is 0.00864.